The molecule has 0 atom stereocenters. The number of benzene rings is 1. The second kappa shape index (κ2) is 10.4. The first-order valence-electron chi connectivity index (χ1n) is 10.3. The minimum atomic E-state index is -4.51. The first kappa shape index (κ1) is 23.4. The van der Waals surface area contributed by atoms with Gasteiger partial charge in [0.15, 0.2) is 0 Å². The Morgan fingerprint density at radius 1 is 1.19 bits per heavy atom. The number of likely N-dealkylation sites (tertiary alicyclic amines) is 1. The Morgan fingerprint density at radius 3 is 2.52 bits per heavy atom. The molecule has 0 unspecified atom stereocenters. The number of halogens is 3. The number of hydrogen-bond donors (Lipinski definition) is 2. The highest BCUT2D eigenvalue weighted by molar-refractivity contribution is 7.99. The van der Waals surface area contributed by atoms with Crippen molar-refractivity contribution in [2.24, 2.45) is 5.92 Å². The van der Waals surface area contributed by atoms with Crippen LogP contribution in [-0.2, 0) is 15.8 Å². The van der Waals surface area contributed by atoms with E-state index in [4.69, 9.17) is 5.26 Å². The maximum Gasteiger partial charge on any atom is 0.416 e. The first-order valence-corrected chi connectivity index (χ1v) is 11.3. The van der Waals surface area contributed by atoms with Crippen LogP contribution in [0.25, 0.3) is 0 Å². The fourth-order valence-corrected chi connectivity index (χ4v) is 4.27. The number of amides is 2. The van der Waals surface area contributed by atoms with Crippen molar-refractivity contribution in [1.29, 1.82) is 5.26 Å². The number of thioether (sulfide) groups is 1. The first-order chi connectivity index (χ1) is 14.8. The predicted molar refractivity (Wildman–Crippen MR) is 111 cm³/mol. The van der Waals surface area contributed by atoms with Gasteiger partial charge >= 0.3 is 6.18 Å². The van der Waals surface area contributed by atoms with E-state index in [9.17, 15) is 22.8 Å². The minimum absolute atomic E-state index is 0.0713. The molecule has 1 aromatic rings. The molecule has 2 N–H and O–H groups in total. The summed E-state index contributed by atoms with van der Waals surface area (Å²) in [5.41, 5.74) is -0.728. The molecule has 2 aliphatic rings. The monoisotopic (exact) mass is 454 g/mol. The highest BCUT2D eigenvalue weighted by atomic mass is 32.2. The third-order valence-electron chi connectivity index (χ3n) is 5.30. The highest BCUT2D eigenvalue weighted by Crippen LogP contribution is 2.36. The Balaban J connectivity index is 1.55. The zero-order valence-electron chi connectivity index (χ0n) is 17.0. The van der Waals surface area contributed by atoms with Crippen LogP contribution in [0.5, 0.6) is 0 Å². The molecule has 2 amide bonds. The molecule has 3 rings (SSSR count). The summed E-state index contributed by atoms with van der Waals surface area (Å²) in [4.78, 5) is 26.8. The molecule has 168 valence electrons. The molecule has 1 aliphatic heterocycles. The largest absolute Gasteiger partial charge is 0.416 e. The summed E-state index contributed by atoms with van der Waals surface area (Å²) in [6, 6.07) is 5.34. The third kappa shape index (κ3) is 7.14. The van der Waals surface area contributed by atoms with E-state index >= 15 is 0 Å². The quantitative estimate of drug-likeness (QED) is 0.463. The fourth-order valence-electron chi connectivity index (χ4n) is 3.43. The summed E-state index contributed by atoms with van der Waals surface area (Å²) < 4.78 is 39.3. The molecule has 0 spiro atoms. The van der Waals surface area contributed by atoms with E-state index in [1.54, 1.807) is 0 Å². The van der Waals surface area contributed by atoms with Gasteiger partial charge in [0.25, 0.3) is 0 Å². The lowest BCUT2D eigenvalue weighted by Crippen LogP contribution is -2.46. The van der Waals surface area contributed by atoms with Crippen molar-refractivity contribution in [1.82, 2.24) is 10.2 Å². The van der Waals surface area contributed by atoms with Crippen LogP contribution in [-0.4, -0.2) is 48.1 Å². The standard InChI is InChI=1S/C21H25F3N4O2S/c22-21(23,24)15-4-5-18(31-11-1-8-25)17(12-15)27-19(29)13-28-9-6-16(7-10-28)26-20(30)14-2-3-14/h4-5,12,14,16H,1-3,6-7,9-11,13H2,(H,26,30)(H,27,29). The van der Waals surface area contributed by atoms with E-state index in [2.05, 4.69) is 10.6 Å². The normalized spacial score (nSPS) is 17.7. The van der Waals surface area contributed by atoms with Crippen LogP contribution < -0.4 is 10.6 Å². The van der Waals surface area contributed by atoms with Crippen molar-refractivity contribution < 1.29 is 22.8 Å². The summed E-state index contributed by atoms with van der Waals surface area (Å²) in [5, 5.41) is 14.3. The van der Waals surface area contributed by atoms with Gasteiger partial charge < -0.3 is 10.6 Å². The molecule has 10 heteroatoms. The molecule has 1 aliphatic carbocycles. The molecule has 1 saturated heterocycles. The zero-order valence-corrected chi connectivity index (χ0v) is 17.8. The van der Waals surface area contributed by atoms with E-state index in [0.29, 0.717) is 23.7 Å². The van der Waals surface area contributed by atoms with Crippen molar-refractivity contribution in [2.75, 3.05) is 30.7 Å². The van der Waals surface area contributed by atoms with Gasteiger partial charge in [-0.25, -0.2) is 0 Å². The number of nitriles is 1. The van der Waals surface area contributed by atoms with Crippen molar-refractivity contribution in [3.05, 3.63) is 23.8 Å². The lowest BCUT2D eigenvalue weighted by atomic mass is 10.0. The maximum atomic E-state index is 13.1. The molecule has 1 aromatic carbocycles. The third-order valence-corrected chi connectivity index (χ3v) is 6.38. The van der Waals surface area contributed by atoms with Gasteiger partial charge in [-0.15, -0.1) is 11.8 Å². The van der Waals surface area contributed by atoms with Crippen LogP contribution in [0.1, 0.15) is 37.7 Å². The average Bonchev–Trinajstić information content (AvgIpc) is 3.55. The van der Waals surface area contributed by atoms with Gasteiger partial charge in [0, 0.05) is 42.1 Å². The van der Waals surface area contributed by atoms with E-state index < -0.39 is 11.7 Å². The van der Waals surface area contributed by atoms with Crippen LogP contribution in [0.2, 0.25) is 0 Å². The summed E-state index contributed by atoms with van der Waals surface area (Å²) in [6.07, 6.45) is -0.864. The van der Waals surface area contributed by atoms with Gasteiger partial charge in [0.1, 0.15) is 0 Å². The van der Waals surface area contributed by atoms with Crippen molar-refractivity contribution in [2.45, 2.75) is 49.2 Å². The number of alkyl halides is 3. The number of nitrogens with zero attached hydrogens (tertiary/aromatic N) is 2. The van der Waals surface area contributed by atoms with Crippen molar-refractivity contribution in [3.63, 3.8) is 0 Å². The molecule has 0 radical (unpaired) electrons. The van der Waals surface area contributed by atoms with E-state index in [1.165, 1.54) is 17.8 Å². The topological polar surface area (TPSA) is 85.2 Å². The Hall–Kier alpha value is -2.25. The van der Waals surface area contributed by atoms with Gasteiger partial charge in [-0.1, -0.05) is 0 Å². The van der Waals surface area contributed by atoms with E-state index in [1.807, 2.05) is 11.0 Å². The molecule has 0 bridgehead atoms. The molecular weight excluding hydrogens is 429 g/mol. The van der Waals surface area contributed by atoms with Crippen LogP contribution in [0.4, 0.5) is 18.9 Å². The average molecular weight is 455 g/mol. The van der Waals surface area contributed by atoms with Gasteiger partial charge in [-0.2, -0.15) is 18.4 Å². The SMILES string of the molecule is N#CCCSc1ccc(C(F)(F)F)cc1NC(=O)CN1CCC(NC(=O)C2CC2)CC1. The second-order valence-electron chi connectivity index (χ2n) is 7.85. The van der Waals surface area contributed by atoms with Gasteiger partial charge in [-0.3, -0.25) is 14.5 Å². The molecule has 1 saturated carbocycles. The predicted octanol–water partition coefficient (Wildman–Crippen LogP) is 3.64. The maximum absolute atomic E-state index is 13.1. The molecular formula is C21H25F3N4O2S. The summed E-state index contributed by atoms with van der Waals surface area (Å²) in [6.45, 7) is 1.34. The number of carbonyl (C=O) groups is 2. The van der Waals surface area contributed by atoms with E-state index in [-0.39, 0.29) is 42.4 Å². The highest BCUT2D eigenvalue weighted by Gasteiger charge is 2.33. The van der Waals surface area contributed by atoms with Crippen molar-refractivity contribution >= 4 is 29.3 Å². The number of carbonyl (C=O) groups excluding carboxylic acids is 2. The smallest absolute Gasteiger partial charge is 0.353 e. The number of anilines is 1. The zero-order chi connectivity index (χ0) is 22.4. The summed E-state index contributed by atoms with van der Waals surface area (Å²) in [5.74, 6) is 0.311. The van der Waals surface area contributed by atoms with Gasteiger partial charge in [0.05, 0.1) is 23.9 Å². The van der Waals surface area contributed by atoms with Crippen LogP contribution in [0, 0.1) is 17.2 Å². The Labute approximate surface area is 183 Å². The van der Waals surface area contributed by atoms with Crippen LogP contribution in [0.3, 0.4) is 0 Å². The Morgan fingerprint density at radius 2 is 1.90 bits per heavy atom. The summed E-state index contributed by atoms with van der Waals surface area (Å²) >= 11 is 1.23. The molecule has 6 nitrogen and oxygen atoms in total. The number of nitrogens with one attached hydrogen (secondary N) is 2. The minimum Gasteiger partial charge on any atom is -0.353 e. The van der Waals surface area contributed by atoms with Crippen LogP contribution in [0.15, 0.2) is 23.1 Å². The molecule has 31 heavy (non-hydrogen) atoms. The number of hydrogen-bond acceptors (Lipinski definition) is 5. The molecule has 0 aromatic heterocycles. The number of piperidine rings is 1. The molecule has 2 fully saturated rings. The summed E-state index contributed by atoms with van der Waals surface area (Å²) in [7, 11) is 0. The van der Waals surface area contributed by atoms with Crippen LogP contribution >= 0.6 is 11.8 Å². The Kier molecular flexibility index (Phi) is 7.84. The molecule has 1 heterocycles. The Bertz CT molecular complexity index is 844. The lowest BCUT2D eigenvalue weighted by Gasteiger charge is -2.32. The number of rotatable bonds is 8. The van der Waals surface area contributed by atoms with Crippen molar-refractivity contribution in [3.8, 4) is 6.07 Å². The van der Waals surface area contributed by atoms with Gasteiger partial charge in [-0.05, 0) is 43.9 Å². The lowest BCUT2D eigenvalue weighted by molar-refractivity contribution is -0.137. The second-order valence-corrected chi connectivity index (χ2v) is 8.98. The van der Waals surface area contributed by atoms with E-state index in [0.717, 1.165) is 37.8 Å². The fraction of sp³-hybridized carbons (Fsp3) is 0.571. The van der Waals surface area contributed by atoms with Gasteiger partial charge in [0.2, 0.25) is 11.8 Å².